The summed E-state index contributed by atoms with van der Waals surface area (Å²) in [7, 11) is 1.70. The highest BCUT2D eigenvalue weighted by molar-refractivity contribution is 7.80. The van der Waals surface area contributed by atoms with Crippen molar-refractivity contribution < 1.29 is 4.79 Å². The second-order valence-electron chi connectivity index (χ2n) is 4.31. The van der Waals surface area contributed by atoms with Crippen molar-refractivity contribution in [2.24, 2.45) is 12.8 Å². The molecule has 0 aliphatic carbocycles. The van der Waals surface area contributed by atoms with Crippen LogP contribution in [0.15, 0.2) is 24.4 Å². The van der Waals surface area contributed by atoms with Gasteiger partial charge in [-0.25, -0.2) is 0 Å². The van der Waals surface area contributed by atoms with E-state index < -0.39 is 0 Å². The van der Waals surface area contributed by atoms with Gasteiger partial charge in [-0.05, 0) is 30.7 Å². The van der Waals surface area contributed by atoms with E-state index in [1.165, 1.54) is 10.9 Å². The molecule has 7 heteroatoms. The number of rotatable bonds is 3. The van der Waals surface area contributed by atoms with Crippen molar-refractivity contribution in [2.45, 2.75) is 6.92 Å². The zero-order valence-electron chi connectivity index (χ0n) is 11.0. The smallest absolute Gasteiger partial charge is 0.257 e. The number of aryl methyl sites for hydroxylation is 2. The molecular weight excluding hydrogens is 296 g/mol. The topological polar surface area (TPSA) is 72.9 Å². The van der Waals surface area contributed by atoms with Crippen molar-refractivity contribution >= 4 is 40.5 Å². The van der Waals surface area contributed by atoms with Crippen LogP contribution in [0.4, 0.5) is 5.82 Å². The Kier molecular flexibility index (Phi) is 4.06. The SMILES string of the molecule is Cc1cc(Cl)ccc1C(=O)Nc1c(C(N)=S)cnn1C. The van der Waals surface area contributed by atoms with Crippen molar-refractivity contribution in [3.8, 4) is 0 Å². The van der Waals surface area contributed by atoms with Crippen molar-refractivity contribution in [1.29, 1.82) is 0 Å². The van der Waals surface area contributed by atoms with Gasteiger partial charge in [-0.1, -0.05) is 23.8 Å². The largest absolute Gasteiger partial charge is 0.389 e. The summed E-state index contributed by atoms with van der Waals surface area (Å²) in [6.07, 6.45) is 1.52. The van der Waals surface area contributed by atoms with Crippen molar-refractivity contribution in [3.63, 3.8) is 0 Å². The molecule has 2 aromatic rings. The Labute approximate surface area is 126 Å². The molecule has 0 fully saturated rings. The number of thiocarbonyl (C=S) groups is 1. The van der Waals surface area contributed by atoms with E-state index in [0.29, 0.717) is 22.0 Å². The zero-order chi connectivity index (χ0) is 14.9. The predicted octanol–water partition coefficient (Wildman–Crippen LogP) is 2.27. The van der Waals surface area contributed by atoms with Gasteiger partial charge in [-0.15, -0.1) is 0 Å². The van der Waals surface area contributed by atoms with Crippen LogP contribution in [0.1, 0.15) is 21.5 Å². The lowest BCUT2D eigenvalue weighted by Crippen LogP contribution is -2.19. The summed E-state index contributed by atoms with van der Waals surface area (Å²) in [6.45, 7) is 1.82. The van der Waals surface area contributed by atoms with Gasteiger partial charge in [0.1, 0.15) is 10.8 Å². The van der Waals surface area contributed by atoms with E-state index in [2.05, 4.69) is 10.4 Å². The minimum atomic E-state index is -0.264. The highest BCUT2D eigenvalue weighted by Crippen LogP contribution is 2.19. The maximum atomic E-state index is 12.3. The Morgan fingerprint density at radius 2 is 2.15 bits per heavy atom. The molecule has 20 heavy (non-hydrogen) atoms. The molecule has 1 amide bonds. The number of benzene rings is 1. The van der Waals surface area contributed by atoms with Crippen LogP contribution in [0.25, 0.3) is 0 Å². The monoisotopic (exact) mass is 308 g/mol. The average Bonchev–Trinajstić information content (AvgIpc) is 2.71. The van der Waals surface area contributed by atoms with Crippen LogP contribution in [0.2, 0.25) is 5.02 Å². The van der Waals surface area contributed by atoms with Gasteiger partial charge >= 0.3 is 0 Å². The number of hydrogen-bond acceptors (Lipinski definition) is 3. The van der Waals surface area contributed by atoms with Crippen LogP contribution >= 0.6 is 23.8 Å². The molecule has 5 nitrogen and oxygen atoms in total. The molecule has 0 spiro atoms. The average molecular weight is 309 g/mol. The maximum Gasteiger partial charge on any atom is 0.257 e. The normalized spacial score (nSPS) is 10.3. The molecule has 3 N–H and O–H groups in total. The van der Waals surface area contributed by atoms with Gasteiger partial charge in [0.05, 0.1) is 11.8 Å². The summed E-state index contributed by atoms with van der Waals surface area (Å²) < 4.78 is 1.51. The summed E-state index contributed by atoms with van der Waals surface area (Å²) in [4.78, 5) is 12.5. The second kappa shape index (κ2) is 5.60. The summed E-state index contributed by atoms with van der Waals surface area (Å²) in [6, 6.07) is 5.07. The van der Waals surface area contributed by atoms with Gasteiger partial charge in [0.25, 0.3) is 5.91 Å². The fourth-order valence-corrected chi connectivity index (χ4v) is 2.20. The van der Waals surface area contributed by atoms with Gasteiger partial charge in [0.2, 0.25) is 0 Å². The van der Waals surface area contributed by atoms with Crippen molar-refractivity contribution in [2.75, 3.05) is 5.32 Å². The molecule has 1 aromatic heterocycles. The van der Waals surface area contributed by atoms with Crippen LogP contribution in [-0.4, -0.2) is 20.7 Å². The van der Waals surface area contributed by atoms with Crippen LogP contribution in [0, 0.1) is 6.92 Å². The van der Waals surface area contributed by atoms with Gasteiger partial charge in [-0.3, -0.25) is 9.48 Å². The molecule has 0 aliphatic heterocycles. The Bertz CT molecular complexity index is 696. The highest BCUT2D eigenvalue weighted by Gasteiger charge is 2.16. The first-order valence-electron chi connectivity index (χ1n) is 5.79. The lowest BCUT2D eigenvalue weighted by atomic mass is 10.1. The number of anilines is 1. The highest BCUT2D eigenvalue weighted by atomic mass is 35.5. The van der Waals surface area contributed by atoms with E-state index in [0.717, 1.165) is 5.56 Å². The number of aromatic nitrogens is 2. The Balaban J connectivity index is 2.33. The zero-order valence-corrected chi connectivity index (χ0v) is 12.5. The van der Waals surface area contributed by atoms with E-state index in [9.17, 15) is 4.79 Å². The summed E-state index contributed by atoms with van der Waals surface area (Å²) >= 11 is 10.8. The molecule has 2 rings (SSSR count). The van der Waals surface area contributed by atoms with Gasteiger partial charge < -0.3 is 11.1 Å². The molecule has 1 heterocycles. The predicted molar refractivity (Wildman–Crippen MR) is 83.2 cm³/mol. The molecule has 0 bridgehead atoms. The standard InChI is InChI=1S/C13H13ClN4OS/c1-7-5-8(14)3-4-9(7)13(19)17-12-10(11(15)20)6-16-18(12)2/h3-6H,1-2H3,(H2,15,20)(H,17,19). The number of carbonyl (C=O) groups is 1. The lowest BCUT2D eigenvalue weighted by Gasteiger charge is -2.10. The van der Waals surface area contributed by atoms with Gasteiger partial charge in [0.15, 0.2) is 0 Å². The number of amides is 1. The van der Waals surface area contributed by atoms with Crippen molar-refractivity contribution in [3.05, 3.63) is 46.1 Å². The lowest BCUT2D eigenvalue weighted by molar-refractivity contribution is 0.102. The van der Waals surface area contributed by atoms with Crippen molar-refractivity contribution in [1.82, 2.24) is 9.78 Å². The first kappa shape index (κ1) is 14.5. The second-order valence-corrected chi connectivity index (χ2v) is 5.18. The maximum absolute atomic E-state index is 12.3. The summed E-state index contributed by atoms with van der Waals surface area (Å²) in [5, 5.41) is 7.39. The first-order valence-corrected chi connectivity index (χ1v) is 6.58. The number of halogens is 1. The molecule has 104 valence electrons. The van der Waals surface area contributed by atoms with Crippen LogP contribution in [0.3, 0.4) is 0 Å². The third kappa shape index (κ3) is 2.81. The molecular formula is C13H13ClN4OS. The quantitative estimate of drug-likeness (QED) is 0.853. The van der Waals surface area contributed by atoms with E-state index in [1.54, 1.807) is 25.2 Å². The minimum absolute atomic E-state index is 0.182. The fraction of sp³-hybridized carbons (Fsp3) is 0.154. The summed E-state index contributed by atoms with van der Waals surface area (Å²) in [5.41, 5.74) is 7.45. The van der Waals surface area contributed by atoms with Crippen LogP contribution < -0.4 is 11.1 Å². The van der Waals surface area contributed by atoms with Crippen LogP contribution in [0.5, 0.6) is 0 Å². The Morgan fingerprint density at radius 1 is 1.45 bits per heavy atom. The van der Waals surface area contributed by atoms with Gasteiger partial charge in [-0.2, -0.15) is 5.10 Å². The Morgan fingerprint density at radius 3 is 2.75 bits per heavy atom. The fourth-order valence-electron chi connectivity index (χ4n) is 1.82. The first-order chi connectivity index (χ1) is 9.40. The minimum Gasteiger partial charge on any atom is -0.389 e. The third-order valence-corrected chi connectivity index (χ3v) is 3.32. The molecule has 0 radical (unpaired) electrons. The van der Waals surface area contributed by atoms with E-state index in [-0.39, 0.29) is 10.9 Å². The number of nitrogens with two attached hydrogens (primary N) is 1. The summed E-state index contributed by atoms with van der Waals surface area (Å²) in [5.74, 6) is 0.206. The van der Waals surface area contributed by atoms with E-state index >= 15 is 0 Å². The number of carbonyl (C=O) groups excluding carboxylic acids is 1. The molecule has 1 aromatic carbocycles. The number of nitrogens with zero attached hydrogens (tertiary/aromatic N) is 2. The molecule has 0 saturated heterocycles. The van der Waals surface area contributed by atoms with Gasteiger partial charge in [0, 0.05) is 17.6 Å². The third-order valence-electron chi connectivity index (χ3n) is 2.87. The molecule has 0 saturated carbocycles. The number of hydrogen-bond donors (Lipinski definition) is 2. The molecule has 0 unspecified atom stereocenters. The molecule has 0 aliphatic rings. The van der Waals surface area contributed by atoms with Crippen LogP contribution in [-0.2, 0) is 7.05 Å². The Hall–Kier alpha value is -1.92. The van der Waals surface area contributed by atoms with E-state index in [1.807, 2.05) is 6.92 Å². The molecule has 0 atom stereocenters. The number of nitrogens with one attached hydrogen (secondary N) is 1. The van der Waals surface area contributed by atoms with E-state index in [4.69, 9.17) is 29.6 Å².